The van der Waals surface area contributed by atoms with Gasteiger partial charge in [-0.05, 0) is 99.6 Å². The molecule has 0 fully saturated rings. The smallest absolute Gasteiger partial charge is 0.143 e. The van der Waals surface area contributed by atoms with Gasteiger partial charge in [0.25, 0.3) is 0 Å². The Morgan fingerprint density at radius 3 is 1.77 bits per heavy atom. The van der Waals surface area contributed by atoms with Crippen LogP contribution in [0.1, 0.15) is 0 Å². The zero-order chi connectivity index (χ0) is 41.9. The van der Waals surface area contributed by atoms with E-state index in [0.717, 1.165) is 50.1 Å². The number of para-hydroxylation sites is 3. The van der Waals surface area contributed by atoms with Gasteiger partial charge in [-0.25, -0.2) is 0 Å². The number of fused-ring (bicyclic) bond motifs is 11. The lowest BCUT2D eigenvalue weighted by atomic mass is 10.0. The molecule has 0 aliphatic carbocycles. The van der Waals surface area contributed by atoms with Gasteiger partial charge in [-0.2, -0.15) is 0 Å². The third-order valence-electron chi connectivity index (χ3n) is 13.4. The number of benzene rings is 10. The molecule has 14 rings (SSSR count). The lowest BCUT2D eigenvalue weighted by Gasteiger charge is -2.26. The second-order valence-corrected chi connectivity index (χ2v) is 17.9. The summed E-state index contributed by atoms with van der Waals surface area (Å²) >= 11 is 1.89. The van der Waals surface area contributed by atoms with Gasteiger partial charge in [-0.15, -0.1) is 11.3 Å². The first kappa shape index (κ1) is 35.4. The topological polar surface area (TPSA) is 20.8 Å². The van der Waals surface area contributed by atoms with Crippen molar-refractivity contribution in [1.29, 1.82) is 0 Å². The van der Waals surface area contributed by atoms with E-state index in [-0.39, 0.29) is 0 Å². The predicted molar refractivity (Wildman–Crippen MR) is 273 cm³/mol. The quantitative estimate of drug-likeness (QED) is 0.172. The Morgan fingerprint density at radius 1 is 0.359 bits per heavy atom. The highest BCUT2D eigenvalue weighted by molar-refractivity contribution is 7.26. The molecule has 64 heavy (non-hydrogen) atoms. The van der Waals surface area contributed by atoms with Crippen molar-refractivity contribution in [2.45, 2.75) is 0 Å². The van der Waals surface area contributed by atoms with Gasteiger partial charge in [-0.1, -0.05) is 152 Å². The van der Waals surface area contributed by atoms with Crippen LogP contribution in [0.3, 0.4) is 0 Å². The standard InChI is InChI=1S/C60H36N2OS/c1-2-12-37(13-3-1)38-24-28-40(29-25-38)61(41-30-26-39(27-31-41)43-18-10-20-50-47-17-7-9-22-54(47)63-60(43)50)42-32-34-53-51(36-42)49-33-35-56-58-57-48(19-11-23-55(57)64-56)45-15-5-4-14-44(45)46-16-6-8-21-52(46)62(53)59(49)58/h1-36H. The van der Waals surface area contributed by atoms with Gasteiger partial charge in [0.2, 0.25) is 0 Å². The highest BCUT2D eigenvalue weighted by Crippen LogP contribution is 2.47. The number of hydrogen-bond acceptors (Lipinski definition) is 3. The third kappa shape index (κ3) is 5.15. The van der Waals surface area contributed by atoms with E-state index in [1.807, 2.05) is 23.5 Å². The van der Waals surface area contributed by atoms with Crippen molar-refractivity contribution in [3.05, 3.63) is 218 Å². The zero-order valence-corrected chi connectivity index (χ0v) is 35.3. The van der Waals surface area contributed by atoms with Crippen molar-refractivity contribution in [3.8, 4) is 22.3 Å². The maximum atomic E-state index is 6.48. The van der Waals surface area contributed by atoms with Gasteiger partial charge in [0.15, 0.2) is 0 Å². The fourth-order valence-electron chi connectivity index (χ4n) is 10.5. The molecule has 3 nitrogen and oxygen atoms in total. The molecule has 0 saturated heterocycles. The summed E-state index contributed by atoms with van der Waals surface area (Å²) in [4.78, 5) is 2.40. The second kappa shape index (κ2) is 13.7. The van der Waals surface area contributed by atoms with Crippen molar-refractivity contribution in [2.75, 3.05) is 4.90 Å². The van der Waals surface area contributed by atoms with Crippen LogP contribution in [0.2, 0.25) is 0 Å². The molecule has 4 aromatic heterocycles. The number of hydrogen-bond donors (Lipinski definition) is 0. The van der Waals surface area contributed by atoms with Gasteiger partial charge in [0.1, 0.15) is 11.2 Å². The highest BCUT2D eigenvalue weighted by atomic mass is 32.1. The number of furan rings is 1. The van der Waals surface area contributed by atoms with E-state index in [1.165, 1.54) is 80.2 Å². The van der Waals surface area contributed by atoms with Crippen LogP contribution in [0.15, 0.2) is 223 Å². The zero-order valence-electron chi connectivity index (χ0n) is 34.5. The average Bonchev–Trinajstić information content (AvgIpc) is 4.05. The number of anilines is 3. The molecular weight excluding hydrogens is 797 g/mol. The molecule has 0 atom stereocenters. The minimum absolute atomic E-state index is 0.905. The fraction of sp³-hybridized carbons (Fsp3) is 0. The predicted octanol–water partition coefficient (Wildman–Crippen LogP) is 17.6. The molecule has 0 aliphatic rings. The maximum Gasteiger partial charge on any atom is 0.143 e. The number of nitrogens with zero attached hydrogens (tertiary/aromatic N) is 2. The lowest BCUT2D eigenvalue weighted by Crippen LogP contribution is -2.09. The van der Waals surface area contributed by atoms with E-state index >= 15 is 0 Å². The van der Waals surface area contributed by atoms with Crippen molar-refractivity contribution < 1.29 is 4.42 Å². The third-order valence-corrected chi connectivity index (χ3v) is 14.5. The Bertz CT molecular complexity index is 4160. The molecule has 0 N–H and O–H groups in total. The van der Waals surface area contributed by atoms with Crippen LogP contribution in [-0.2, 0) is 0 Å². The van der Waals surface area contributed by atoms with Crippen LogP contribution in [0.5, 0.6) is 0 Å². The second-order valence-electron chi connectivity index (χ2n) is 16.8. The van der Waals surface area contributed by atoms with Gasteiger partial charge >= 0.3 is 0 Å². The Kier molecular flexibility index (Phi) is 7.56. The molecule has 0 radical (unpaired) electrons. The molecule has 0 unspecified atom stereocenters. The minimum Gasteiger partial charge on any atom is -0.455 e. The number of rotatable bonds is 5. The van der Waals surface area contributed by atoms with Crippen LogP contribution >= 0.6 is 11.3 Å². The first-order chi connectivity index (χ1) is 31.7. The summed E-state index contributed by atoms with van der Waals surface area (Å²) in [5, 5.41) is 12.4. The van der Waals surface area contributed by atoms with E-state index in [1.54, 1.807) is 0 Å². The molecule has 14 aromatic rings. The summed E-state index contributed by atoms with van der Waals surface area (Å²) in [7, 11) is 0. The summed E-state index contributed by atoms with van der Waals surface area (Å²) in [6.07, 6.45) is 0. The first-order valence-corrected chi connectivity index (χ1v) is 22.6. The van der Waals surface area contributed by atoms with E-state index in [2.05, 4.69) is 216 Å². The van der Waals surface area contributed by atoms with E-state index < -0.39 is 0 Å². The molecule has 4 heteroatoms. The molecule has 4 heterocycles. The van der Waals surface area contributed by atoms with Crippen LogP contribution < -0.4 is 4.90 Å². The van der Waals surface area contributed by atoms with Gasteiger partial charge < -0.3 is 13.7 Å². The Morgan fingerprint density at radius 2 is 0.953 bits per heavy atom. The fourth-order valence-corrected chi connectivity index (χ4v) is 11.6. The molecule has 0 amide bonds. The highest BCUT2D eigenvalue weighted by Gasteiger charge is 2.22. The van der Waals surface area contributed by atoms with Crippen molar-refractivity contribution >= 4 is 119 Å². The van der Waals surface area contributed by atoms with Crippen molar-refractivity contribution in [2.24, 2.45) is 0 Å². The summed E-state index contributed by atoms with van der Waals surface area (Å²) < 4.78 is 11.6. The van der Waals surface area contributed by atoms with Crippen LogP contribution in [0.4, 0.5) is 17.1 Å². The molecule has 10 aromatic carbocycles. The van der Waals surface area contributed by atoms with Gasteiger partial charge in [0, 0.05) is 69.7 Å². The average molecular weight is 833 g/mol. The summed E-state index contributed by atoms with van der Waals surface area (Å²) in [6.45, 7) is 0. The van der Waals surface area contributed by atoms with Crippen LogP contribution in [0, 0.1) is 0 Å². The number of thiophene rings is 1. The lowest BCUT2D eigenvalue weighted by molar-refractivity contribution is 0.670. The van der Waals surface area contributed by atoms with E-state index in [4.69, 9.17) is 4.42 Å². The number of aromatic nitrogens is 1. The molecule has 0 saturated carbocycles. The molecule has 298 valence electrons. The van der Waals surface area contributed by atoms with E-state index in [9.17, 15) is 0 Å². The normalized spacial score (nSPS) is 12.1. The summed E-state index contributed by atoms with van der Waals surface area (Å²) in [5.74, 6) is 0. The maximum absolute atomic E-state index is 6.48. The minimum atomic E-state index is 0.905. The van der Waals surface area contributed by atoms with Gasteiger partial charge in [0.05, 0.1) is 16.6 Å². The monoisotopic (exact) mass is 832 g/mol. The summed E-state index contributed by atoms with van der Waals surface area (Å²) in [5.41, 5.74) is 13.3. The van der Waals surface area contributed by atoms with Crippen LogP contribution in [0.25, 0.3) is 113 Å². The first-order valence-electron chi connectivity index (χ1n) is 21.8. The van der Waals surface area contributed by atoms with Crippen molar-refractivity contribution in [1.82, 2.24) is 4.40 Å². The molecule has 0 bridgehead atoms. The van der Waals surface area contributed by atoms with E-state index in [0.29, 0.717) is 0 Å². The largest absolute Gasteiger partial charge is 0.455 e. The molecule has 0 spiro atoms. The Hall–Kier alpha value is -8.18. The summed E-state index contributed by atoms with van der Waals surface area (Å²) in [6, 6.07) is 79.7. The molecular formula is C60H36N2OS. The Balaban J connectivity index is 1.02. The molecule has 0 aliphatic heterocycles. The van der Waals surface area contributed by atoms with Crippen molar-refractivity contribution in [3.63, 3.8) is 0 Å². The van der Waals surface area contributed by atoms with Crippen LogP contribution in [-0.4, -0.2) is 4.40 Å². The van der Waals surface area contributed by atoms with Gasteiger partial charge in [-0.3, -0.25) is 0 Å². The SMILES string of the molecule is c1ccc(-c2ccc(N(c3ccc(-c4cccc5c4oc4ccccc45)cc3)c3ccc4c(c3)c3ccc5sc6cccc7c8ccccc8c8ccccc8n4c3c5c67)cc2)cc1. The Labute approximate surface area is 371 Å².